The summed E-state index contributed by atoms with van der Waals surface area (Å²) in [5.74, 6) is 1.59. The van der Waals surface area contributed by atoms with Gasteiger partial charge in [-0.05, 0) is 104 Å². The summed E-state index contributed by atoms with van der Waals surface area (Å²) in [6.07, 6.45) is 5.86. The Bertz CT molecular complexity index is 1370. The van der Waals surface area contributed by atoms with E-state index in [0.29, 0.717) is 18.0 Å². The number of rotatable bonds is 4. The van der Waals surface area contributed by atoms with Crippen molar-refractivity contribution in [2.24, 2.45) is 5.92 Å². The van der Waals surface area contributed by atoms with Gasteiger partial charge in [0.1, 0.15) is 5.82 Å². The van der Waals surface area contributed by atoms with Crippen molar-refractivity contribution in [3.05, 3.63) is 78.0 Å². The number of benzene rings is 2. The first-order valence-corrected chi connectivity index (χ1v) is 15.7. The van der Waals surface area contributed by atoms with E-state index in [4.69, 9.17) is 4.98 Å². The van der Waals surface area contributed by atoms with Gasteiger partial charge in [-0.1, -0.05) is 31.0 Å². The molecule has 4 heterocycles. The second-order valence-corrected chi connectivity index (χ2v) is 12.6. The number of nitrogens with one attached hydrogen (secondary N) is 2. The van der Waals surface area contributed by atoms with E-state index >= 15 is 0 Å². The smallest absolute Gasteiger partial charge is 0.370 e. The Labute approximate surface area is 246 Å². The number of pyridine rings is 1. The predicted molar refractivity (Wildman–Crippen MR) is 162 cm³/mol. The molecule has 0 amide bonds. The summed E-state index contributed by atoms with van der Waals surface area (Å²) >= 11 is 0. The summed E-state index contributed by atoms with van der Waals surface area (Å²) in [5, 5.41) is 7.66. The average Bonchev–Trinajstić information content (AvgIpc) is 3.50. The second kappa shape index (κ2) is 11.5. The van der Waals surface area contributed by atoms with Crippen molar-refractivity contribution in [1.82, 2.24) is 15.6 Å². The van der Waals surface area contributed by atoms with Crippen LogP contribution in [0.25, 0.3) is 11.1 Å². The summed E-state index contributed by atoms with van der Waals surface area (Å²) < 4.78 is 39.5. The molecule has 5 nitrogen and oxygen atoms in total. The number of alkyl halides is 3. The highest BCUT2D eigenvalue weighted by molar-refractivity contribution is 5.68. The van der Waals surface area contributed by atoms with Crippen molar-refractivity contribution < 1.29 is 13.2 Å². The lowest BCUT2D eigenvalue weighted by molar-refractivity contribution is -0.137. The number of halogens is 3. The molecule has 4 fully saturated rings. The van der Waals surface area contributed by atoms with Crippen LogP contribution in [0.5, 0.6) is 0 Å². The highest BCUT2D eigenvalue weighted by Gasteiger charge is 2.42. The fourth-order valence-corrected chi connectivity index (χ4v) is 7.80. The average molecular weight is 576 g/mol. The predicted octanol–water partition coefficient (Wildman–Crippen LogP) is 6.81. The number of fused-ring (bicyclic) bond motifs is 2. The third kappa shape index (κ3) is 5.63. The quantitative estimate of drug-likeness (QED) is 0.358. The maximum absolute atomic E-state index is 13.2. The van der Waals surface area contributed by atoms with Gasteiger partial charge in [0, 0.05) is 55.7 Å². The van der Waals surface area contributed by atoms with Crippen molar-refractivity contribution in [3.8, 4) is 11.1 Å². The van der Waals surface area contributed by atoms with Gasteiger partial charge in [0.2, 0.25) is 0 Å². The van der Waals surface area contributed by atoms with E-state index in [0.717, 1.165) is 44.1 Å². The molecule has 1 aliphatic carbocycles. The lowest BCUT2D eigenvalue weighted by Crippen LogP contribution is -2.59. The van der Waals surface area contributed by atoms with Crippen LogP contribution in [-0.4, -0.2) is 49.3 Å². The van der Waals surface area contributed by atoms with Gasteiger partial charge in [-0.3, -0.25) is 0 Å². The fraction of sp³-hybridized carbons (Fsp3) is 0.500. The Hall–Kier alpha value is -3.10. The number of anilines is 2. The molecule has 3 saturated heterocycles. The molecule has 0 spiro atoms. The molecule has 7 rings (SSSR count). The normalized spacial score (nSPS) is 28.2. The third-order valence-corrected chi connectivity index (χ3v) is 10.0. The number of hydrogen-bond acceptors (Lipinski definition) is 5. The van der Waals surface area contributed by atoms with Gasteiger partial charge < -0.3 is 20.4 Å². The molecule has 222 valence electrons. The number of hydrogen-bond donors (Lipinski definition) is 2. The summed E-state index contributed by atoms with van der Waals surface area (Å²) in [6.45, 7) is 3.64. The van der Waals surface area contributed by atoms with Gasteiger partial charge in [-0.15, -0.1) is 0 Å². The molecule has 5 unspecified atom stereocenters. The van der Waals surface area contributed by atoms with Crippen LogP contribution in [0.2, 0.25) is 0 Å². The van der Waals surface area contributed by atoms with E-state index in [1.54, 1.807) is 12.1 Å². The second-order valence-electron chi connectivity index (χ2n) is 12.6. The van der Waals surface area contributed by atoms with E-state index in [2.05, 4.69) is 56.8 Å². The van der Waals surface area contributed by atoms with Gasteiger partial charge in [0.05, 0.1) is 5.56 Å². The zero-order chi connectivity index (χ0) is 28.7. The van der Waals surface area contributed by atoms with Crippen LogP contribution in [0.4, 0.5) is 24.7 Å². The largest absolute Gasteiger partial charge is 0.416 e. The van der Waals surface area contributed by atoms with Crippen molar-refractivity contribution in [3.63, 3.8) is 0 Å². The Morgan fingerprint density at radius 1 is 0.810 bits per heavy atom. The van der Waals surface area contributed by atoms with E-state index in [-0.39, 0.29) is 12.1 Å². The van der Waals surface area contributed by atoms with Crippen molar-refractivity contribution in [2.75, 3.05) is 36.0 Å². The zero-order valence-electron chi connectivity index (χ0n) is 24.0. The van der Waals surface area contributed by atoms with E-state index in [9.17, 15) is 13.2 Å². The molecule has 0 radical (unpaired) electrons. The maximum Gasteiger partial charge on any atom is 0.416 e. The summed E-state index contributed by atoms with van der Waals surface area (Å²) in [5.41, 5.74) is 4.03. The van der Waals surface area contributed by atoms with E-state index in [1.165, 1.54) is 67.3 Å². The molecule has 8 heteroatoms. The summed E-state index contributed by atoms with van der Waals surface area (Å²) in [4.78, 5) is 9.75. The summed E-state index contributed by atoms with van der Waals surface area (Å²) in [7, 11) is 0. The first kappa shape index (κ1) is 27.7. The molecule has 2 aromatic carbocycles. The minimum atomic E-state index is -4.32. The van der Waals surface area contributed by atoms with E-state index in [1.807, 2.05) is 6.20 Å². The Morgan fingerprint density at radius 2 is 1.64 bits per heavy atom. The lowest BCUT2D eigenvalue weighted by Gasteiger charge is -2.44. The topological polar surface area (TPSA) is 43.4 Å². The Balaban J connectivity index is 1.16. The molecule has 0 bridgehead atoms. The number of piperidine rings is 1. The molecular formula is C34H40F3N5. The highest BCUT2D eigenvalue weighted by atomic mass is 19.4. The van der Waals surface area contributed by atoms with Crippen LogP contribution in [0.15, 0.2) is 66.9 Å². The minimum absolute atomic E-state index is 0.205. The standard InChI is InChI=1S/C34H40F3N5/c35-34(36,37)27-10-12-28(13-11-27)41-18-15-32-31(22-41)40-30-8-2-1-5-26(30)21-42(32)33-20-24(14-17-39-33)23-6-3-7-25(19-23)29-9-4-16-38-29/h3,6-7,10-14,17,19-20,26,29-32,38,40H,1-2,4-5,8-9,15-16,18,21-22H2. The SMILES string of the molecule is FC(F)(F)c1ccc(N2CCC3C(C2)NC2CCCCC2CN3c2cc(-c3cccc(C4CCCN4)c3)ccn2)cc1. The zero-order valence-corrected chi connectivity index (χ0v) is 24.0. The van der Waals surface area contributed by atoms with Crippen LogP contribution in [0, 0.1) is 5.92 Å². The van der Waals surface area contributed by atoms with Gasteiger partial charge in [0.15, 0.2) is 0 Å². The minimum Gasteiger partial charge on any atom is -0.370 e. The third-order valence-electron chi connectivity index (χ3n) is 10.0. The highest BCUT2D eigenvalue weighted by Crippen LogP contribution is 2.37. The Morgan fingerprint density at radius 3 is 2.45 bits per heavy atom. The van der Waals surface area contributed by atoms with Gasteiger partial charge in [0.25, 0.3) is 0 Å². The number of nitrogens with zero attached hydrogens (tertiary/aromatic N) is 3. The molecule has 3 aliphatic heterocycles. The van der Waals surface area contributed by atoms with Crippen molar-refractivity contribution in [1.29, 1.82) is 0 Å². The van der Waals surface area contributed by atoms with Crippen molar-refractivity contribution >= 4 is 11.5 Å². The molecule has 3 aromatic rings. The van der Waals surface area contributed by atoms with Crippen LogP contribution >= 0.6 is 0 Å². The molecule has 2 N–H and O–H groups in total. The molecule has 42 heavy (non-hydrogen) atoms. The monoisotopic (exact) mass is 575 g/mol. The van der Waals surface area contributed by atoms with Crippen molar-refractivity contribution in [2.45, 2.75) is 75.3 Å². The van der Waals surface area contributed by atoms with Crippen LogP contribution < -0.4 is 20.4 Å². The van der Waals surface area contributed by atoms with Gasteiger partial charge >= 0.3 is 6.18 Å². The maximum atomic E-state index is 13.2. The molecule has 1 aromatic heterocycles. The van der Waals surface area contributed by atoms with Crippen LogP contribution in [0.3, 0.4) is 0 Å². The van der Waals surface area contributed by atoms with Gasteiger partial charge in [-0.2, -0.15) is 13.2 Å². The van der Waals surface area contributed by atoms with Crippen LogP contribution in [0.1, 0.15) is 62.1 Å². The van der Waals surface area contributed by atoms with Crippen LogP contribution in [-0.2, 0) is 6.18 Å². The molecule has 1 saturated carbocycles. The molecule has 4 aliphatic rings. The number of aromatic nitrogens is 1. The first-order chi connectivity index (χ1) is 20.4. The lowest BCUT2D eigenvalue weighted by atomic mass is 9.84. The molecule has 5 atom stereocenters. The molecular weight excluding hydrogens is 535 g/mol. The van der Waals surface area contributed by atoms with E-state index < -0.39 is 11.7 Å². The fourth-order valence-electron chi connectivity index (χ4n) is 7.80. The summed E-state index contributed by atoms with van der Waals surface area (Å²) in [6, 6.07) is 20.4. The Kier molecular flexibility index (Phi) is 7.61. The first-order valence-electron chi connectivity index (χ1n) is 15.7. The van der Waals surface area contributed by atoms with Gasteiger partial charge in [-0.25, -0.2) is 4.98 Å².